The summed E-state index contributed by atoms with van der Waals surface area (Å²) >= 11 is 1.59. The monoisotopic (exact) mass is 398 g/mol. The minimum atomic E-state index is -0.620. The van der Waals surface area contributed by atoms with Crippen molar-refractivity contribution in [2.24, 2.45) is 5.92 Å². The Morgan fingerprint density at radius 2 is 1.96 bits per heavy atom. The maximum absolute atomic E-state index is 12.1. The second-order valence-electron chi connectivity index (χ2n) is 6.94. The number of likely N-dealkylation sites (tertiary alicyclic amines) is 1. The maximum Gasteiger partial charge on any atom is 0.313 e. The highest BCUT2D eigenvalue weighted by Gasteiger charge is 2.21. The molecule has 0 unspecified atom stereocenters. The topological polar surface area (TPSA) is 74.3 Å². The van der Waals surface area contributed by atoms with E-state index in [-0.39, 0.29) is 0 Å². The van der Waals surface area contributed by atoms with Crippen molar-refractivity contribution >= 4 is 29.3 Å². The first-order valence-electron chi connectivity index (χ1n) is 9.49. The van der Waals surface area contributed by atoms with Crippen LogP contribution in [0, 0.1) is 5.92 Å². The van der Waals surface area contributed by atoms with Crippen LogP contribution < -0.4 is 10.6 Å². The van der Waals surface area contributed by atoms with Crippen LogP contribution in [0.4, 0.5) is 5.69 Å². The molecule has 7 heteroatoms. The molecule has 148 valence electrons. The summed E-state index contributed by atoms with van der Waals surface area (Å²) in [6.07, 6.45) is 5.80. The number of aromatic nitrogens is 1. The molecular weight excluding hydrogens is 372 g/mol. The number of nitrogens with one attached hydrogen (secondary N) is 2. The van der Waals surface area contributed by atoms with Gasteiger partial charge in [0.1, 0.15) is 0 Å². The average Bonchev–Trinajstić information content (AvgIpc) is 2.74. The highest BCUT2D eigenvalue weighted by molar-refractivity contribution is 7.98. The van der Waals surface area contributed by atoms with Gasteiger partial charge in [-0.05, 0) is 68.4 Å². The zero-order chi connectivity index (χ0) is 19.8. The van der Waals surface area contributed by atoms with Crippen LogP contribution in [0.5, 0.6) is 0 Å². The highest BCUT2D eigenvalue weighted by Crippen LogP contribution is 2.19. The molecule has 0 radical (unpaired) electrons. The van der Waals surface area contributed by atoms with Crippen molar-refractivity contribution in [1.82, 2.24) is 15.2 Å². The zero-order valence-corrected chi connectivity index (χ0v) is 16.9. The Labute approximate surface area is 170 Å². The number of nitrogens with zero attached hydrogens (tertiary/aromatic N) is 2. The van der Waals surface area contributed by atoms with Crippen molar-refractivity contribution in [1.29, 1.82) is 0 Å². The zero-order valence-electron chi connectivity index (χ0n) is 16.1. The SMILES string of the molecule is CSc1cccc(NC(=O)C(=O)NCC2CCN(Cc3ccccn3)CC2)c1. The summed E-state index contributed by atoms with van der Waals surface area (Å²) in [5, 5.41) is 5.44. The van der Waals surface area contributed by atoms with Gasteiger partial charge in [0.25, 0.3) is 0 Å². The van der Waals surface area contributed by atoms with Crippen molar-refractivity contribution in [2.45, 2.75) is 24.3 Å². The van der Waals surface area contributed by atoms with Gasteiger partial charge in [0.05, 0.1) is 5.69 Å². The van der Waals surface area contributed by atoms with Crippen molar-refractivity contribution in [3.05, 3.63) is 54.4 Å². The van der Waals surface area contributed by atoms with E-state index in [0.29, 0.717) is 18.2 Å². The molecule has 1 aliphatic heterocycles. The third-order valence-corrected chi connectivity index (χ3v) is 5.63. The van der Waals surface area contributed by atoms with Crippen molar-refractivity contribution in [3.63, 3.8) is 0 Å². The van der Waals surface area contributed by atoms with E-state index in [9.17, 15) is 9.59 Å². The standard InChI is InChI=1S/C21H26N4O2S/c1-28-19-7-4-6-17(13-19)24-21(27)20(26)23-14-16-8-11-25(12-9-16)15-18-5-2-3-10-22-18/h2-7,10,13,16H,8-9,11-12,14-15H2,1H3,(H,23,26)(H,24,27). The number of thioether (sulfide) groups is 1. The Morgan fingerprint density at radius 3 is 2.68 bits per heavy atom. The van der Waals surface area contributed by atoms with E-state index >= 15 is 0 Å². The Balaban J connectivity index is 1.38. The van der Waals surface area contributed by atoms with Crippen LogP contribution >= 0.6 is 11.8 Å². The summed E-state index contributed by atoms with van der Waals surface area (Å²) in [4.78, 5) is 32.0. The lowest BCUT2D eigenvalue weighted by molar-refractivity contribution is -0.136. The lowest BCUT2D eigenvalue weighted by Gasteiger charge is -2.31. The molecule has 2 heterocycles. The fourth-order valence-electron chi connectivity index (χ4n) is 3.28. The average molecular weight is 399 g/mol. The van der Waals surface area contributed by atoms with Gasteiger partial charge in [0.15, 0.2) is 0 Å². The van der Waals surface area contributed by atoms with Gasteiger partial charge in [0.2, 0.25) is 0 Å². The smallest absolute Gasteiger partial charge is 0.313 e. The minimum absolute atomic E-state index is 0.400. The summed E-state index contributed by atoms with van der Waals surface area (Å²) in [5.74, 6) is -0.798. The van der Waals surface area contributed by atoms with Crippen molar-refractivity contribution in [2.75, 3.05) is 31.2 Å². The van der Waals surface area contributed by atoms with Crippen LogP contribution in [-0.4, -0.2) is 47.6 Å². The van der Waals surface area contributed by atoms with Gasteiger partial charge in [-0.25, -0.2) is 0 Å². The molecule has 1 aromatic carbocycles. The van der Waals surface area contributed by atoms with Crippen LogP contribution in [0.15, 0.2) is 53.6 Å². The predicted molar refractivity (Wildman–Crippen MR) is 112 cm³/mol. The molecule has 0 bridgehead atoms. The molecule has 2 amide bonds. The molecule has 0 aliphatic carbocycles. The number of carbonyl (C=O) groups excluding carboxylic acids is 2. The number of carbonyl (C=O) groups is 2. The normalized spacial score (nSPS) is 15.2. The Bertz CT molecular complexity index is 792. The molecule has 1 aliphatic rings. The first-order valence-corrected chi connectivity index (χ1v) is 10.7. The van der Waals surface area contributed by atoms with E-state index in [4.69, 9.17) is 0 Å². The van der Waals surface area contributed by atoms with Gasteiger partial charge >= 0.3 is 11.8 Å². The van der Waals surface area contributed by atoms with E-state index in [1.54, 1.807) is 17.8 Å². The summed E-state index contributed by atoms with van der Waals surface area (Å²) in [7, 11) is 0. The minimum Gasteiger partial charge on any atom is -0.348 e. The highest BCUT2D eigenvalue weighted by atomic mass is 32.2. The molecule has 6 nitrogen and oxygen atoms in total. The number of anilines is 1. The third kappa shape index (κ3) is 6.07. The molecule has 2 aromatic rings. The molecule has 3 rings (SSSR count). The number of benzene rings is 1. The van der Waals surface area contributed by atoms with Gasteiger partial charge in [0, 0.05) is 29.9 Å². The molecule has 2 N–H and O–H groups in total. The summed E-state index contributed by atoms with van der Waals surface area (Å²) in [6.45, 7) is 3.35. The Morgan fingerprint density at radius 1 is 1.14 bits per heavy atom. The van der Waals surface area contributed by atoms with Crippen LogP contribution in [0.3, 0.4) is 0 Å². The number of amides is 2. The van der Waals surface area contributed by atoms with E-state index in [0.717, 1.165) is 43.1 Å². The predicted octanol–water partition coefficient (Wildman–Crippen LogP) is 2.77. The van der Waals surface area contributed by atoms with Gasteiger partial charge < -0.3 is 10.6 Å². The molecule has 28 heavy (non-hydrogen) atoms. The van der Waals surface area contributed by atoms with E-state index in [2.05, 4.69) is 20.5 Å². The molecule has 1 aromatic heterocycles. The van der Waals surface area contributed by atoms with Crippen LogP contribution in [-0.2, 0) is 16.1 Å². The number of rotatable bonds is 6. The van der Waals surface area contributed by atoms with E-state index in [1.807, 2.05) is 48.9 Å². The molecule has 1 fully saturated rings. The van der Waals surface area contributed by atoms with E-state index < -0.39 is 11.8 Å². The van der Waals surface area contributed by atoms with Crippen LogP contribution in [0.1, 0.15) is 18.5 Å². The fourth-order valence-corrected chi connectivity index (χ4v) is 3.73. The molecule has 0 spiro atoms. The van der Waals surface area contributed by atoms with Gasteiger partial charge in [-0.15, -0.1) is 11.8 Å². The summed E-state index contributed by atoms with van der Waals surface area (Å²) < 4.78 is 0. The quantitative estimate of drug-likeness (QED) is 0.578. The van der Waals surface area contributed by atoms with Gasteiger partial charge in [-0.2, -0.15) is 0 Å². The molecule has 1 saturated heterocycles. The lowest BCUT2D eigenvalue weighted by Crippen LogP contribution is -2.41. The van der Waals surface area contributed by atoms with Crippen molar-refractivity contribution < 1.29 is 9.59 Å². The largest absolute Gasteiger partial charge is 0.348 e. The lowest BCUT2D eigenvalue weighted by atomic mass is 9.96. The summed E-state index contributed by atoms with van der Waals surface area (Å²) in [5.41, 5.74) is 1.71. The third-order valence-electron chi connectivity index (χ3n) is 4.90. The Hall–Kier alpha value is -2.38. The van der Waals surface area contributed by atoms with Crippen LogP contribution in [0.2, 0.25) is 0 Å². The number of pyridine rings is 1. The number of hydrogen-bond acceptors (Lipinski definition) is 5. The van der Waals surface area contributed by atoms with Gasteiger partial charge in [-0.1, -0.05) is 12.1 Å². The molecular formula is C21H26N4O2S. The van der Waals surface area contributed by atoms with E-state index in [1.165, 1.54) is 0 Å². The second-order valence-corrected chi connectivity index (χ2v) is 7.82. The van der Waals surface area contributed by atoms with Crippen LogP contribution in [0.25, 0.3) is 0 Å². The first kappa shape index (κ1) is 20.4. The number of hydrogen-bond donors (Lipinski definition) is 2. The molecule has 0 atom stereocenters. The summed E-state index contributed by atoms with van der Waals surface area (Å²) in [6, 6.07) is 13.4. The molecule has 0 saturated carbocycles. The maximum atomic E-state index is 12.1. The van der Waals surface area contributed by atoms with Crippen molar-refractivity contribution in [3.8, 4) is 0 Å². The fraction of sp³-hybridized carbons (Fsp3) is 0.381. The first-order chi connectivity index (χ1) is 13.6. The second kappa shape index (κ2) is 10.2. The van der Waals surface area contributed by atoms with Gasteiger partial charge in [-0.3, -0.25) is 19.5 Å². The Kier molecular flexibility index (Phi) is 7.45. The number of piperidine rings is 1.